The fourth-order valence-electron chi connectivity index (χ4n) is 6.01. The Labute approximate surface area is 221 Å². The number of morpholine rings is 1. The van der Waals surface area contributed by atoms with E-state index in [2.05, 4.69) is 16.1 Å². The molecule has 4 atom stereocenters. The molecular formula is C28H35FN6O3. The molecule has 9 nitrogen and oxygen atoms in total. The molecule has 2 aromatic heterocycles. The molecule has 3 saturated heterocycles. The summed E-state index contributed by atoms with van der Waals surface area (Å²) in [6, 6.07) is 6.43. The summed E-state index contributed by atoms with van der Waals surface area (Å²) < 4.78 is 28.6. The molecule has 0 N–H and O–H groups in total. The highest BCUT2D eigenvalue weighted by atomic mass is 19.1. The van der Waals surface area contributed by atoms with E-state index in [-0.39, 0.29) is 18.6 Å². The van der Waals surface area contributed by atoms with Crippen molar-refractivity contribution < 1.29 is 18.7 Å². The maximum Gasteiger partial charge on any atom is 0.410 e. The maximum atomic E-state index is 15.6. The number of likely N-dealkylation sites (tertiary alicyclic amines) is 1. The zero-order valence-electron chi connectivity index (χ0n) is 22.6. The number of alkyl halides is 1. The summed E-state index contributed by atoms with van der Waals surface area (Å²) in [5, 5.41) is 5.63. The number of fused-ring (bicyclic) bond motifs is 3. The third kappa shape index (κ3) is 4.59. The molecule has 202 valence electrons. The first-order chi connectivity index (χ1) is 18.1. The van der Waals surface area contributed by atoms with Gasteiger partial charge in [-0.25, -0.2) is 23.8 Å². The van der Waals surface area contributed by atoms with Gasteiger partial charge in [0, 0.05) is 30.5 Å². The first-order valence-corrected chi connectivity index (χ1v) is 13.4. The zero-order valence-corrected chi connectivity index (χ0v) is 22.6. The minimum Gasteiger partial charge on any atom is -0.444 e. The minimum atomic E-state index is -1.19. The lowest BCUT2D eigenvalue weighted by Gasteiger charge is -2.36. The highest BCUT2D eigenvalue weighted by Crippen LogP contribution is 2.36. The number of carbonyl (C=O) groups is 1. The van der Waals surface area contributed by atoms with Crippen molar-refractivity contribution in [3.05, 3.63) is 41.3 Å². The van der Waals surface area contributed by atoms with Crippen LogP contribution < -0.4 is 4.90 Å². The maximum absolute atomic E-state index is 15.6. The van der Waals surface area contributed by atoms with Crippen LogP contribution >= 0.6 is 0 Å². The predicted octanol–water partition coefficient (Wildman–Crippen LogP) is 4.47. The summed E-state index contributed by atoms with van der Waals surface area (Å²) in [5.74, 6) is 1.94. The second-order valence-corrected chi connectivity index (χ2v) is 11.8. The number of rotatable bonds is 3. The summed E-state index contributed by atoms with van der Waals surface area (Å²) >= 11 is 0. The van der Waals surface area contributed by atoms with Gasteiger partial charge in [0.15, 0.2) is 5.82 Å². The Kier molecular flexibility index (Phi) is 6.05. The van der Waals surface area contributed by atoms with Crippen molar-refractivity contribution in [1.29, 1.82) is 0 Å². The predicted molar refractivity (Wildman–Crippen MR) is 142 cm³/mol. The molecule has 3 aromatic rings. The van der Waals surface area contributed by atoms with Gasteiger partial charge in [0.2, 0.25) is 0 Å². The number of halogens is 1. The Morgan fingerprint density at radius 3 is 2.61 bits per heavy atom. The third-order valence-corrected chi connectivity index (χ3v) is 7.77. The van der Waals surface area contributed by atoms with Gasteiger partial charge in [-0.1, -0.05) is 0 Å². The van der Waals surface area contributed by atoms with Crippen LogP contribution in [0.15, 0.2) is 24.4 Å². The molecule has 3 fully saturated rings. The van der Waals surface area contributed by atoms with Crippen LogP contribution in [0.3, 0.4) is 0 Å². The lowest BCUT2D eigenvalue weighted by molar-refractivity contribution is 0.0111. The van der Waals surface area contributed by atoms with Gasteiger partial charge in [-0.15, -0.1) is 0 Å². The Morgan fingerprint density at radius 2 is 1.92 bits per heavy atom. The standard InChI is InChI=1S/C28H35FN6O3/c1-16-8-18-12-30-35(26-11-25(31-17(2)32-26)34-13-20-9-19(34)15-37-20)24(18)10-22(16)21-6-7-33(14-23(21)29)27(36)38-28(3,4)5/h8,10-12,19-21,23H,6-7,9,13-15H2,1-5H3/t19-,20-,21+,23+/m0/s1. The molecule has 0 radical (unpaired) electrons. The largest absolute Gasteiger partial charge is 0.444 e. The quantitative estimate of drug-likeness (QED) is 0.502. The number of hydrogen-bond donors (Lipinski definition) is 0. The summed E-state index contributed by atoms with van der Waals surface area (Å²) in [6.45, 7) is 11.4. The molecule has 0 aliphatic carbocycles. The van der Waals surface area contributed by atoms with Crippen molar-refractivity contribution in [2.75, 3.05) is 31.1 Å². The van der Waals surface area contributed by atoms with Crippen molar-refractivity contribution in [2.45, 2.75) is 77.3 Å². The molecule has 5 heterocycles. The molecule has 1 aromatic carbocycles. The van der Waals surface area contributed by atoms with Crippen molar-refractivity contribution >= 4 is 22.8 Å². The van der Waals surface area contributed by atoms with Crippen LogP contribution in [-0.4, -0.2) is 80.9 Å². The van der Waals surface area contributed by atoms with Crippen molar-refractivity contribution in [2.24, 2.45) is 0 Å². The van der Waals surface area contributed by atoms with Gasteiger partial charge in [0.1, 0.15) is 23.4 Å². The van der Waals surface area contributed by atoms with Crippen molar-refractivity contribution in [3.63, 3.8) is 0 Å². The van der Waals surface area contributed by atoms with Crippen LogP contribution in [-0.2, 0) is 9.47 Å². The van der Waals surface area contributed by atoms with Gasteiger partial charge in [0.25, 0.3) is 0 Å². The molecule has 38 heavy (non-hydrogen) atoms. The van der Waals surface area contributed by atoms with Crippen LogP contribution in [0.4, 0.5) is 15.0 Å². The van der Waals surface area contributed by atoms with Gasteiger partial charge in [-0.2, -0.15) is 5.10 Å². The van der Waals surface area contributed by atoms with E-state index in [9.17, 15) is 4.79 Å². The monoisotopic (exact) mass is 522 g/mol. The van der Waals surface area contributed by atoms with Crippen molar-refractivity contribution in [1.82, 2.24) is 24.6 Å². The number of piperidine rings is 1. The number of amides is 1. The first-order valence-electron chi connectivity index (χ1n) is 13.4. The second kappa shape index (κ2) is 9.18. The SMILES string of the molecule is Cc1nc(N2C[C@@H]3C[C@H]2CO3)cc(-n2ncc3cc(C)c([C@H]4CCN(C(=O)OC(C)(C)C)C[C@H]4F)cc32)n1. The van der Waals surface area contributed by atoms with E-state index in [0.29, 0.717) is 30.6 Å². The average Bonchev–Trinajstić information content (AvgIpc) is 3.58. The van der Waals surface area contributed by atoms with Crippen LogP contribution in [0.5, 0.6) is 0 Å². The molecule has 0 saturated carbocycles. The van der Waals surface area contributed by atoms with E-state index in [1.807, 2.05) is 57.6 Å². The van der Waals surface area contributed by atoms with E-state index < -0.39 is 17.9 Å². The van der Waals surface area contributed by atoms with Crippen LogP contribution in [0.1, 0.15) is 56.5 Å². The van der Waals surface area contributed by atoms with E-state index in [4.69, 9.17) is 19.4 Å². The normalized spacial score (nSPS) is 25.4. The Hall–Kier alpha value is -3.27. The fourth-order valence-corrected chi connectivity index (χ4v) is 6.01. The van der Waals surface area contributed by atoms with Crippen LogP contribution in [0, 0.1) is 13.8 Å². The molecule has 0 spiro atoms. The van der Waals surface area contributed by atoms with Gasteiger partial charge >= 0.3 is 6.09 Å². The Balaban J connectivity index is 1.29. The third-order valence-electron chi connectivity index (χ3n) is 7.77. The lowest BCUT2D eigenvalue weighted by atomic mass is 9.85. The van der Waals surface area contributed by atoms with E-state index in [1.165, 1.54) is 4.90 Å². The second-order valence-electron chi connectivity index (χ2n) is 11.8. The van der Waals surface area contributed by atoms with Crippen LogP contribution in [0.2, 0.25) is 0 Å². The molecule has 10 heteroatoms. The molecule has 3 aliphatic heterocycles. The smallest absolute Gasteiger partial charge is 0.410 e. The number of aryl methyl sites for hydroxylation is 2. The number of anilines is 1. The zero-order chi connectivity index (χ0) is 26.8. The lowest BCUT2D eigenvalue weighted by Crippen LogP contribution is -2.46. The summed E-state index contributed by atoms with van der Waals surface area (Å²) in [5.41, 5.74) is 2.22. The highest BCUT2D eigenvalue weighted by molar-refractivity contribution is 5.82. The molecule has 6 rings (SSSR count). The molecule has 3 aliphatic rings. The number of carbonyl (C=O) groups excluding carboxylic acids is 1. The van der Waals surface area contributed by atoms with E-state index >= 15 is 4.39 Å². The Bertz CT molecular complexity index is 1380. The van der Waals surface area contributed by atoms with Gasteiger partial charge in [-0.05, 0) is 70.7 Å². The molecule has 0 unspecified atom stereocenters. The van der Waals surface area contributed by atoms with Gasteiger partial charge in [-0.3, -0.25) is 0 Å². The van der Waals surface area contributed by atoms with E-state index in [1.54, 1.807) is 0 Å². The first kappa shape index (κ1) is 25.0. The molecular weight excluding hydrogens is 487 g/mol. The van der Waals surface area contributed by atoms with E-state index in [0.717, 1.165) is 47.4 Å². The number of aromatic nitrogens is 4. The molecule has 2 bridgehead atoms. The minimum absolute atomic E-state index is 0.0203. The molecule has 1 amide bonds. The number of nitrogens with zero attached hydrogens (tertiary/aromatic N) is 6. The van der Waals surface area contributed by atoms with Gasteiger partial charge < -0.3 is 19.3 Å². The summed E-state index contributed by atoms with van der Waals surface area (Å²) in [7, 11) is 0. The fraction of sp³-hybridized carbons (Fsp3) is 0.571. The van der Waals surface area contributed by atoms with Crippen molar-refractivity contribution in [3.8, 4) is 5.82 Å². The Morgan fingerprint density at radius 1 is 1.13 bits per heavy atom. The topological polar surface area (TPSA) is 85.6 Å². The summed E-state index contributed by atoms with van der Waals surface area (Å²) in [4.78, 5) is 25.7. The number of hydrogen-bond acceptors (Lipinski definition) is 7. The number of ether oxygens (including phenoxy) is 2. The number of benzene rings is 1. The summed E-state index contributed by atoms with van der Waals surface area (Å²) in [6.07, 6.45) is 2.00. The highest BCUT2D eigenvalue weighted by Gasteiger charge is 2.40. The van der Waals surface area contributed by atoms with Crippen LogP contribution in [0.25, 0.3) is 16.7 Å². The van der Waals surface area contributed by atoms with Gasteiger partial charge in [0.05, 0.1) is 37.0 Å². The average molecular weight is 523 g/mol.